The summed E-state index contributed by atoms with van der Waals surface area (Å²) in [7, 11) is 2.20. The van der Waals surface area contributed by atoms with Gasteiger partial charge in [-0.25, -0.2) is 9.50 Å². The Kier molecular flexibility index (Phi) is 6.33. The summed E-state index contributed by atoms with van der Waals surface area (Å²) in [4.78, 5) is 20.0. The molecule has 0 aromatic carbocycles. The van der Waals surface area contributed by atoms with Crippen LogP contribution in [-0.2, 0) is 0 Å². The first kappa shape index (κ1) is 22.5. The first-order valence-corrected chi connectivity index (χ1v) is 11.7. The van der Waals surface area contributed by atoms with Crippen LogP contribution in [0.1, 0.15) is 80.9 Å². The highest BCUT2D eigenvalue weighted by Gasteiger charge is 2.28. The molecule has 0 atom stereocenters. The molecule has 0 bridgehead atoms. The number of aromatic amines is 1. The van der Waals surface area contributed by atoms with Crippen LogP contribution < -0.4 is 5.32 Å². The number of aryl methyl sites for hydroxylation is 1. The van der Waals surface area contributed by atoms with Gasteiger partial charge in [-0.3, -0.25) is 9.89 Å². The van der Waals surface area contributed by atoms with Crippen molar-refractivity contribution in [2.75, 3.05) is 7.05 Å². The van der Waals surface area contributed by atoms with Gasteiger partial charge in [-0.05, 0) is 71.0 Å². The zero-order chi connectivity index (χ0) is 23.0. The summed E-state index contributed by atoms with van der Waals surface area (Å²) < 4.78 is 1.76. The summed E-state index contributed by atoms with van der Waals surface area (Å²) in [6.07, 6.45) is 7.71. The molecule has 1 aliphatic rings. The van der Waals surface area contributed by atoms with Crippen molar-refractivity contribution in [2.24, 2.45) is 0 Å². The predicted octanol–water partition coefficient (Wildman–Crippen LogP) is 3.93. The van der Waals surface area contributed by atoms with Gasteiger partial charge >= 0.3 is 0 Å². The molecule has 0 saturated heterocycles. The van der Waals surface area contributed by atoms with Crippen molar-refractivity contribution >= 4 is 11.6 Å². The second-order valence-electron chi connectivity index (χ2n) is 9.69. The number of hydrogen-bond donors (Lipinski definition) is 2. The zero-order valence-corrected chi connectivity index (χ0v) is 20.0. The topological polar surface area (TPSA) is 91.2 Å². The molecule has 172 valence electrons. The molecule has 8 nitrogen and oxygen atoms in total. The van der Waals surface area contributed by atoms with Crippen LogP contribution in [0.5, 0.6) is 0 Å². The zero-order valence-electron chi connectivity index (χ0n) is 20.0. The Morgan fingerprint density at radius 2 is 1.94 bits per heavy atom. The van der Waals surface area contributed by atoms with E-state index in [1.54, 1.807) is 10.8 Å². The number of aromatic nitrogens is 5. The molecule has 1 aliphatic carbocycles. The molecule has 0 radical (unpaired) electrons. The molecule has 32 heavy (non-hydrogen) atoms. The van der Waals surface area contributed by atoms with Crippen LogP contribution >= 0.6 is 0 Å². The van der Waals surface area contributed by atoms with Crippen LogP contribution in [0, 0.1) is 6.92 Å². The molecule has 3 heterocycles. The molecule has 1 saturated carbocycles. The van der Waals surface area contributed by atoms with Crippen LogP contribution in [0.25, 0.3) is 16.9 Å². The predicted molar refractivity (Wildman–Crippen MR) is 126 cm³/mol. The monoisotopic (exact) mass is 437 g/mol. The van der Waals surface area contributed by atoms with Crippen molar-refractivity contribution < 1.29 is 4.79 Å². The van der Waals surface area contributed by atoms with Crippen molar-refractivity contribution in [3.63, 3.8) is 0 Å². The third kappa shape index (κ3) is 4.28. The standard InChI is InChI=1S/C24H35N7O/c1-14(2)20-21(17-11-16(5)23-25-13-26-31(23)12-17)28-29-22(20)24(32)27-18-7-9-19(10-8-18)30(6)15(3)4/h11-15,18-19H,7-10H2,1-6H3,(H,27,32)(H,28,29). The lowest BCUT2D eigenvalue weighted by atomic mass is 9.89. The highest BCUT2D eigenvalue weighted by atomic mass is 16.2. The van der Waals surface area contributed by atoms with E-state index in [4.69, 9.17) is 0 Å². The minimum Gasteiger partial charge on any atom is -0.348 e. The van der Waals surface area contributed by atoms with Crippen molar-refractivity contribution in [2.45, 2.75) is 84.3 Å². The lowest BCUT2D eigenvalue weighted by molar-refractivity contribution is 0.0895. The van der Waals surface area contributed by atoms with Gasteiger partial charge in [-0.15, -0.1) is 0 Å². The summed E-state index contributed by atoms with van der Waals surface area (Å²) in [6.45, 7) is 10.7. The fourth-order valence-electron chi connectivity index (χ4n) is 4.84. The van der Waals surface area contributed by atoms with Crippen LogP contribution in [0.2, 0.25) is 0 Å². The fraction of sp³-hybridized carbons (Fsp3) is 0.583. The van der Waals surface area contributed by atoms with Gasteiger partial charge in [0.25, 0.3) is 5.91 Å². The second kappa shape index (κ2) is 9.02. The van der Waals surface area contributed by atoms with Gasteiger partial charge in [0.05, 0.1) is 5.69 Å². The first-order chi connectivity index (χ1) is 15.3. The van der Waals surface area contributed by atoms with Gasteiger partial charge in [0.1, 0.15) is 12.0 Å². The molecule has 0 aliphatic heterocycles. The number of amides is 1. The van der Waals surface area contributed by atoms with Crippen LogP contribution in [0.15, 0.2) is 18.6 Å². The van der Waals surface area contributed by atoms with Crippen LogP contribution in [0.4, 0.5) is 0 Å². The Morgan fingerprint density at radius 1 is 1.22 bits per heavy atom. The maximum Gasteiger partial charge on any atom is 0.269 e. The smallest absolute Gasteiger partial charge is 0.269 e. The number of nitrogens with zero attached hydrogens (tertiary/aromatic N) is 5. The lowest BCUT2D eigenvalue weighted by Gasteiger charge is -2.37. The third-order valence-corrected chi connectivity index (χ3v) is 6.86. The molecular weight excluding hydrogens is 402 g/mol. The maximum atomic E-state index is 13.2. The molecule has 3 aromatic heterocycles. The molecule has 1 amide bonds. The number of carbonyl (C=O) groups is 1. The van der Waals surface area contributed by atoms with Crippen LogP contribution in [0.3, 0.4) is 0 Å². The molecule has 3 aromatic rings. The Morgan fingerprint density at radius 3 is 2.59 bits per heavy atom. The normalized spacial score (nSPS) is 19.4. The summed E-state index contributed by atoms with van der Waals surface area (Å²) >= 11 is 0. The van der Waals surface area contributed by atoms with E-state index in [1.165, 1.54) is 0 Å². The van der Waals surface area contributed by atoms with E-state index in [1.807, 2.05) is 13.1 Å². The minimum absolute atomic E-state index is 0.0633. The van der Waals surface area contributed by atoms with E-state index in [9.17, 15) is 4.79 Å². The quantitative estimate of drug-likeness (QED) is 0.610. The van der Waals surface area contributed by atoms with Gasteiger partial charge in [-0.1, -0.05) is 13.8 Å². The number of nitrogens with one attached hydrogen (secondary N) is 2. The Balaban J connectivity index is 1.53. The summed E-state index contributed by atoms with van der Waals surface area (Å²) in [5, 5.41) is 15.1. The number of fused-ring (bicyclic) bond motifs is 1. The number of pyridine rings is 1. The highest BCUT2D eigenvalue weighted by molar-refractivity contribution is 5.96. The average molecular weight is 438 g/mol. The van der Waals surface area contributed by atoms with Gasteiger partial charge in [0, 0.05) is 35.4 Å². The molecule has 0 unspecified atom stereocenters. The number of hydrogen-bond acceptors (Lipinski definition) is 5. The Bertz CT molecular complexity index is 1090. The van der Waals surface area contributed by atoms with E-state index in [0.717, 1.165) is 53.7 Å². The van der Waals surface area contributed by atoms with Crippen LogP contribution in [-0.4, -0.2) is 60.8 Å². The van der Waals surface area contributed by atoms with E-state index >= 15 is 0 Å². The van der Waals surface area contributed by atoms with Crippen molar-refractivity contribution in [3.05, 3.63) is 35.4 Å². The van der Waals surface area contributed by atoms with E-state index < -0.39 is 0 Å². The minimum atomic E-state index is -0.0633. The number of H-pyrrole nitrogens is 1. The summed E-state index contributed by atoms with van der Waals surface area (Å²) in [5.74, 6) is 0.0818. The van der Waals surface area contributed by atoms with E-state index in [2.05, 4.69) is 71.3 Å². The molecular formula is C24H35N7O. The molecule has 0 spiro atoms. The fourth-order valence-corrected chi connectivity index (χ4v) is 4.84. The second-order valence-corrected chi connectivity index (χ2v) is 9.69. The molecule has 2 N–H and O–H groups in total. The van der Waals surface area contributed by atoms with Crippen molar-refractivity contribution in [3.8, 4) is 11.3 Å². The molecule has 8 heteroatoms. The largest absolute Gasteiger partial charge is 0.348 e. The lowest BCUT2D eigenvalue weighted by Crippen LogP contribution is -2.44. The van der Waals surface area contributed by atoms with Crippen molar-refractivity contribution in [1.29, 1.82) is 0 Å². The molecule has 1 fully saturated rings. The Labute approximate surface area is 189 Å². The Hall–Kier alpha value is -2.74. The van der Waals surface area contributed by atoms with Gasteiger partial charge in [-0.2, -0.15) is 10.2 Å². The average Bonchev–Trinajstić information content (AvgIpc) is 3.41. The van der Waals surface area contributed by atoms with Crippen molar-refractivity contribution in [1.82, 2.24) is 35.0 Å². The summed E-state index contributed by atoms with van der Waals surface area (Å²) in [5.41, 5.74) is 5.07. The molecule has 4 rings (SSSR count). The number of rotatable bonds is 6. The summed E-state index contributed by atoms with van der Waals surface area (Å²) in [6, 6.07) is 3.41. The highest BCUT2D eigenvalue weighted by Crippen LogP contribution is 2.31. The maximum absolute atomic E-state index is 13.2. The van der Waals surface area contributed by atoms with Gasteiger partial charge in [0.2, 0.25) is 0 Å². The van der Waals surface area contributed by atoms with E-state index in [0.29, 0.717) is 17.8 Å². The van der Waals surface area contributed by atoms with Gasteiger partial charge < -0.3 is 10.2 Å². The SMILES string of the molecule is Cc1cc(-c2n[nH]c(C(=O)NC3CCC(N(C)C(C)C)CC3)c2C(C)C)cn2ncnc12. The number of carbonyl (C=O) groups excluding carboxylic acids is 1. The van der Waals surface area contributed by atoms with Gasteiger partial charge in [0.15, 0.2) is 5.65 Å². The van der Waals surface area contributed by atoms with E-state index in [-0.39, 0.29) is 17.9 Å². The first-order valence-electron chi connectivity index (χ1n) is 11.7. The third-order valence-electron chi connectivity index (χ3n) is 6.86.